The van der Waals surface area contributed by atoms with Crippen LogP contribution in [0, 0.1) is 12.7 Å². The summed E-state index contributed by atoms with van der Waals surface area (Å²) in [5.74, 6) is -1.69. The highest BCUT2D eigenvalue weighted by atomic mass is 35.5. The van der Waals surface area contributed by atoms with Crippen molar-refractivity contribution in [1.29, 1.82) is 0 Å². The number of carbonyl (C=O) groups is 1. The Bertz CT molecular complexity index is 1300. The van der Waals surface area contributed by atoms with Gasteiger partial charge in [0.05, 0.1) is 5.56 Å². The van der Waals surface area contributed by atoms with E-state index < -0.39 is 17.3 Å². The molecule has 0 amide bonds. The Hall–Kier alpha value is -3.55. The van der Waals surface area contributed by atoms with Gasteiger partial charge in [-0.2, -0.15) is 4.98 Å². The summed E-state index contributed by atoms with van der Waals surface area (Å²) in [7, 11) is 4.02. The average molecular weight is 468 g/mol. The van der Waals surface area contributed by atoms with E-state index >= 15 is 0 Å². The van der Waals surface area contributed by atoms with E-state index in [0.717, 1.165) is 34.9 Å². The summed E-state index contributed by atoms with van der Waals surface area (Å²) < 4.78 is 19.5. The maximum absolute atomic E-state index is 14.1. The van der Waals surface area contributed by atoms with Crippen molar-refractivity contribution in [1.82, 2.24) is 15.0 Å². The highest BCUT2D eigenvalue weighted by Crippen LogP contribution is 2.32. The van der Waals surface area contributed by atoms with Gasteiger partial charge in [0.2, 0.25) is 5.82 Å². The minimum atomic E-state index is -1.33. The SMILES string of the molecule is Cc1ccccc1-c1ccc(-c2nc(-c3ccc(C(=O)O)c(F)c3)no2)cc1CN(C)C.Cl. The van der Waals surface area contributed by atoms with Crippen LogP contribution in [0.4, 0.5) is 4.39 Å². The standard InChI is InChI=1S/C25H22FN3O3.ClH/c1-15-6-4-5-7-19(15)20-10-9-17(12-18(20)14-29(2)3)24-27-23(28-32-24)16-8-11-21(25(30)31)22(26)13-16;/h4-13H,14H2,1-3H3,(H,30,31);1H. The van der Waals surface area contributed by atoms with E-state index in [1.165, 1.54) is 17.7 Å². The highest BCUT2D eigenvalue weighted by molar-refractivity contribution is 5.88. The number of hydrogen-bond donors (Lipinski definition) is 1. The summed E-state index contributed by atoms with van der Waals surface area (Å²) in [6.07, 6.45) is 0. The Kier molecular flexibility index (Phi) is 7.26. The number of benzene rings is 3. The van der Waals surface area contributed by atoms with Gasteiger partial charge in [0.15, 0.2) is 0 Å². The van der Waals surface area contributed by atoms with Crippen molar-refractivity contribution >= 4 is 18.4 Å². The third-order valence-corrected chi connectivity index (χ3v) is 5.16. The molecule has 0 saturated heterocycles. The fraction of sp³-hybridized carbons (Fsp3) is 0.160. The largest absolute Gasteiger partial charge is 0.478 e. The number of carboxylic acid groups (broad SMARTS) is 1. The number of aromatic carboxylic acids is 1. The van der Waals surface area contributed by atoms with Gasteiger partial charge in [0.25, 0.3) is 5.89 Å². The van der Waals surface area contributed by atoms with Crippen LogP contribution in [0.25, 0.3) is 34.0 Å². The molecule has 4 rings (SSSR count). The van der Waals surface area contributed by atoms with Crippen molar-refractivity contribution in [2.75, 3.05) is 14.1 Å². The Balaban J connectivity index is 0.00000306. The molecule has 0 aliphatic heterocycles. The van der Waals surface area contributed by atoms with Crippen LogP contribution < -0.4 is 0 Å². The van der Waals surface area contributed by atoms with E-state index in [1.54, 1.807) is 0 Å². The van der Waals surface area contributed by atoms with Gasteiger partial charge in [-0.1, -0.05) is 35.5 Å². The predicted octanol–water partition coefficient (Wildman–Crippen LogP) is 5.70. The molecular weight excluding hydrogens is 445 g/mol. The van der Waals surface area contributed by atoms with Crippen LogP contribution in [0.1, 0.15) is 21.5 Å². The molecule has 33 heavy (non-hydrogen) atoms. The lowest BCUT2D eigenvalue weighted by atomic mass is 9.94. The molecule has 1 heterocycles. The lowest BCUT2D eigenvalue weighted by Crippen LogP contribution is -2.11. The second kappa shape index (κ2) is 9.94. The number of nitrogens with zero attached hydrogens (tertiary/aromatic N) is 3. The van der Waals surface area contributed by atoms with Gasteiger partial charge in [-0.15, -0.1) is 12.4 Å². The first kappa shape index (κ1) is 24.1. The van der Waals surface area contributed by atoms with Gasteiger partial charge in [-0.25, -0.2) is 9.18 Å². The third-order valence-electron chi connectivity index (χ3n) is 5.16. The smallest absolute Gasteiger partial charge is 0.338 e. The average Bonchev–Trinajstić information content (AvgIpc) is 3.24. The fourth-order valence-corrected chi connectivity index (χ4v) is 3.62. The summed E-state index contributed by atoms with van der Waals surface area (Å²) >= 11 is 0. The molecule has 1 N–H and O–H groups in total. The molecule has 0 bridgehead atoms. The monoisotopic (exact) mass is 467 g/mol. The molecule has 0 fully saturated rings. The van der Waals surface area contributed by atoms with Crippen LogP contribution in [-0.2, 0) is 6.54 Å². The molecule has 4 aromatic rings. The highest BCUT2D eigenvalue weighted by Gasteiger charge is 2.17. The molecule has 0 spiro atoms. The molecule has 0 aliphatic carbocycles. The zero-order valence-corrected chi connectivity index (χ0v) is 19.2. The molecule has 1 aromatic heterocycles. The zero-order valence-electron chi connectivity index (χ0n) is 18.4. The van der Waals surface area contributed by atoms with E-state index in [2.05, 4.69) is 34.1 Å². The van der Waals surface area contributed by atoms with E-state index in [0.29, 0.717) is 11.5 Å². The fourth-order valence-electron chi connectivity index (χ4n) is 3.62. The molecule has 3 aromatic carbocycles. The van der Waals surface area contributed by atoms with Gasteiger partial charge < -0.3 is 14.5 Å². The van der Waals surface area contributed by atoms with Crippen LogP contribution in [0.3, 0.4) is 0 Å². The topological polar surface area (TPSA) is 79.5 Å². The zero-order chi connectivity index (χ0) is 22.8. The molecule has 0 saturated carbocycles. The van der Waals surface area contributed by atoms with E-state index in [9.17, 15) is 9.18 Å². The second-order valence-electron chi connectivity index (χ2n) is 7.85. The number of halogens is 2. The summed E-state index contributed by atoms with van der Waals surface area (Å²) in [6.45, 7) is 2.81. The van der Waals surface area contributed by atoms with Gasteiger partial charge in [0.1, 0.15) is 5.82 Å². The first-order chi connectivity index (χ1) is 15.3. The molecular formula is C25H23ClFN3O3. The number of aryl methyl sites for hydroxylation is 1. The Morgan fingerprint density at radius 3 is 2.42 bits per heavy atom. The predicted molar refractivity (Wildman–Crippen MR) is 127 cm³/mol. The molecule has 0 atom stereocenters. The Labute approximate surface area is 197 Å². The van der Waals surface area contributed by atoms with Crippen molar-refractivity contribution in [3.8, 4) is 34.0 Å². The van der Waals surface area contributed by atoms with Crippen molar-refractivity contribution < 1.29 is 18.8 Å². The maximum Gasteiger partial charge on any atom is 0.338 e. The molecule has 6 nitrogen and oxygen atoms in total. The minimum absolute atomic E-state index is 0. The van der Waals surface area contributed by atoms with Crippen LogP contribution in [0.5, 0.6) is 0 Å². The van der Waals surface area contributed by atoms with Gasteiger partial charge in [-0.3, -0.25) is 0 Å². The third kappa shape index (κ3) is 5.10. The van der Waals surface area contributed by atoms with Crippen LogP contribution >= 0.6 is 12.4 Å². The van der Waals surface area contributed by atoms with Crippen molar-refractivity contribution in [2.45, 2.75) is 13.5 Å². The van der Waals surface area contributed by atoms with E-state index in [1.807, 2.05) is 44.4 Å². The van der Waals surface area contributed by atoms with Gasteiger partial charge >= 0.3 is 5.97 Å². The van der Waals surface area contributed by atoms with Crippen LogP contribution in [-0.4, -0.2) is 40.2 Å². The van der Waals surface area contributed by atoms with Gasteiger partial charge in [-0.05, 0) is 73.6 Å². The van der Waals surface area contributed by atoms with Crippen molar-refractivity contribution in [3.05, 3.63) is 83.2 Å². The van der Waals surface area contributed by atoms with E-state index in [-0.39, 0.29) is 18.2 Å². The number of hydrogen-bond acceptors (Lipinski definition) is 5. The number of aromatic nitrogens is 2. The maximum atomic E-state index is 14.1. The first-order valence-corrected chi connectivity index (χ1v) is 10.0. The molecule has 0 unspecified atom stereocenters. The number of rotatable bonds is 6. The van der Waals surface area contributed by atoms with Crippen LogP contribution in [0.15, 0.2) is 65.2 Å². The molecule has 170 valence electrons. The van der Waals surface area contributed by atoms with Crippen molar-refractivity contribution in [3.63, 3.8) is 0 Å². The summed E-state index contributed by atoms with van der Waals surface area (Å²) in [5, 5.41) is 13.0. The van der Waals surface area contributed by atoms with Gasteiger partial charge in [0, 0.05) is 17.7 Å². The number of carboxylic acids is 1. The summed E-state index contributed by atoms with van der Waals surface area (Å²) in [4.78, 5) is 17.5. The quantitative estimate of drug-likeness (QED) is 0.392. The minimum Gasteiger partial charge on any atom is -0.478 e. The van der Waals surface area contributed by atoms with Crippen LogP contribution in [0.2, 0.25) is 0 Å². The molecule has 0 aliphatic rings. The summed E-state index contributed by atoms with van der Waals surface area (Å²) in [6, 6.07) is 18.0. The lowest BCUT2D eigenvalue weighted by Gasteiger charge is -2.16. The van der Waals surface area contributed by atoms with E-state index in [4.69, 9.17) is 9.63 Å². The normalized spacial score (nSPS) is 10.8. The Morgan fingerprint density at radius 1 is 1.03 bits per heavy atom. The van der Waals surface area contributed by atoms with Crippen molar-refractivity contribution in [2.24, 2.45) is 0 Å². The molecule has 8 heteroatoms. The summed E-state index contributed by atoms with van der Waals surface area (Å²) in [5.41, 5.74) is 5.28. The first-order valence-electron chi connectivity index (χ1n) is 10.0. The Morgan fingerprint density at radius 2 is 1.76 bits per heavy atom. The second-order valence-corrected chi connectivity index (χ2v) is 7.85. The lowest BCUT2D eigenvalue weighted by molar-refractivity contribution is 0.0692. The molecule has 0 radical (unpaired) electrons.